The van der Waals surface area contributed by atoms with Crippen LogP contribution in [0.1, 0.15) is 44.4 Å². The Hall–Kier alpha value is -0.340. The lowest BCUT2D eigenvalue weighted by atomic mass is 10.1. The Balaban J connectivity index is 0.00000261. The van der Waals surface area contributed by atoms with Crippen LogP contribution in [0, 0.1) is 11.8 Å². The molecule has 2 aliphatic rings. The molecule has 1 aromatic rings. The summed E-state index contributed by atoms with van der Waals surface area (Å²) >= 11 is 1.86. The Morgan fingerprint density at radius 1 is 1.30 bits per heavy atom. The van der Waals surface area contributed by atoms with Gasteiger partial charge in [0.15, 0.2) is 5.96 Å². The predicted octanol–water partition coefficient (Wildman–Crippen LogP) is 4.32. The molecule has 6 heteroatoms. The molecule has 0 saturated carbocycles. The van der Waals surface area contributed by atoms with Crippen molar-refractivity contribution >= 4 is 41.3 Å². The van der Waals surface area contributed by atoms with E-state index in [1.54, 1.807) is 0 Å². The third-order valence-corrected chi connectivity index (χ3v) is 6.47. The summed E-state index contributed by atoms with van der Waals surface area (Å²) in [5.74, 6) is 2.53. The van der Waals surface area contributed by atoms with E-state index in [4.69, 9.17) is 4.99 Å². The van der Waals surface area contributed by atoms with Crippen LogP contribution in [0.3, 0.4) is 0 Å². The SMILES string of the molecule is CCNC(=NCC(C)Cc1cccs1)N1CCC(CN2CCCCC2)C1.I. The molecule has 3 rings (SSSR count). The molecule has 2 aliphatic heterocycles. The van der Waals surface area contributed by atoms with E-state index in [0.717, 1.165) is 37.9 Å². The van der Waals surface area contributed by atoms with Crippen LogP contribution in [-0.4, -0.2) is 61.6 Å². The maximum Gasteiger partial charge on any atom is 0.193 e. The largest absolute Gasteiger partial charge is 0.357 e. The summed E-state index contributed by atoms with van der Waals surface area (Å²) in [6.07, 6.45) is 6.66. The molecule has 0 aromatic carbocycles. The monoisotopic (exact) mass is 504 g/mol. The van der Waals surface area contributed by atoms with Crippen molar-refractivity contribution in [3.05, 3.63) is 22.4 Å². The van der Waals surface area contributed by atoms with Crippen molar-refractivity contribution in [2.75, 3.05) is 45.8 Å². The second-order valence-corrected chi connectivity index (χ2v) is 9.08. The maximum absolute atomic E-state index is 4.98. The van der Waals surface area contributed by atoms with E-state index in [0.29, 0.717) is 5.92 Å². The third-order valence-electron chi connectivity index (χ3n) is 5.57. The standard InChI is InChI=1S/C21H36N4S.HI/c1-3-22-21(23-15-18(2)14-20-8-7-13-26-20)25-12-9-19(17-25)16-24-10-5-4-6-11-24;/h7-8,13,18-19H,3-6,9-12,14-17H2,1-2H3,(H,22,23);1H. The number of guanidine groups is 1. The number of hydrogen-bond donors (Lipinski definition) is 1. The van der Waals surface area contributed by atoms with Gasteiger partial charge in [-0.15, -0.1) is 35.3 Å². The van der Waals surface area contributed by atoms with Gasteiger partial charge in [-0.3, -0.25) is 4.99 Å². The lowest BCUT2D eigenvalue weighted by Gasteiger charge is -2.29. The van der Waals surface area contributed by atoms with Crippen molar-refractivity contribution in [1.82, 2.24) is 15.1 Å². The summed E-state index contributed by atoms with van der Waals surface area (Å²) in [4.78, 5) is 11.6. The van der Waals surface area contributed by atoms with Gasteiger partial charge in [0.25, 0.3) is 0 Å². The van der Waals surface area contributed by atoms with Crippen LogP contribution >= 0.6 is 35.3 Å². The highest BCUT2D eigenvalue weighted by Gasteiger charge is 2.27. The molecular weight excluding hydrogens is 467 g/mol. The molecule has 0 bridgehead atoms. The van der Waals surface area contributed by atoms with Gasteiger partial charge in [0, 0.05) is 37.6 Å². The normalized spacial score (nSPS) is 22.5. The molecule has 2 atom stereocenters. The summed E-state index contributed by atoms with van der Waals surface area (Å²) in [6.45, 7) is 12.6. The van der Waals surface area contributed by atoms with Gasteiger partial charge < -0.3 is 15.1 Å². The van der Waals surface area contributed by atoms with E-state index >= 15 is 0 Å². The summed E-state index contributed by atoms with van der Waals surface area (Å²) in [6, 6.07) is 4.38. The summed E-state index contributed by atoms with van der Waals surface area (Å²) in [5.41, 5.74) is 0. The molecule has 4 nitrogen and oxygen atoms in total. The highest BCUT2D eigenvalue weighted by atomic mass is 127. The van der Waals surface area contributed by atoms with Crippen LogP contribution in [0.15, 0.2) is 22.5 Å². The number of nitrogens with one attached hydrogen (secondary N) is 1. The molecule has 1 aromatic heterocycles. The van der Waals surface area contributed by atoms with E-state index in [1.165, 1.54) is 56.7 Å². The average Bonchev–Trinajstić information content (AvgIpc) is 3.32. The fraction of sp³-hybridized carbons (Fsp3) is 0.762. The van der Waals surface area contributed by atoms with E-state index in [2.05, 4.69) is 46.5 Å². The number of hydrogen-bond acceptors (Lipinski definition) is 3. The zero-order valence-corrected chi connectivity index (χ0v) is 20.2. The second-order valence-electron chi connectivity index (χ2n) is 8.05. The maximum atomic E-state index is 4.98. The highest BCUT2D eigenvalue weighted by molar-refractivity contribution is 14.0. The van der Waals surface area contributed by atoms with Gasteiger partial charge >= 0.3 is 0 Å². The van der Waals surface area contributed by atoms with Crippen LogP contribution in [0.4, 0.5) is 0 Å². The molecular formula is C21H37IN4S. The lowest BCUT2D eigenvalue weighted by molar-refractivity contribution is 0.198. The molecule has 0 aliphatic carbocycles. The number of rotatable bonds is 7. The Kier molecular flexibility index (Phi) is 10.4. The topological polar surface area (TPSA) is 30.9 Å². The van der Waals surface area contributed by atoms with Crippen molar-refractivity contribution in [3.8, 4) is 0 Å². The van der Waals surface area contributed by atoms with E-state index in [-0.39, 0.29) is 24.0 Å². The number of nitrogens with zero attached hydrogens (tertiary/aromatic N) is 3. The lowest BCUT2D eigenvalue weighted by Crippen LogP contribution is -2.41. The van der Waals surface area contributed by atoms with Crippen molar-refractivity contribution < 1.29 is 0 Å². The zero-order valence-electron chi connectivity index (χ0n) is 17.0. The van der Waals surface area contributed by atoms with Gasteiger partial charge in [-0.05, 0) is 69.0 Å². The Bertz CT molecular complexity index is 542. The van der Waals surface area contributed by atoms with Gasteiger partial charge in [0.05, 0.1) is 0 Å². The van der Waals surface area contributed by atoms with E-state index in [1.807, 2.05) is 11.3 Å². The van der Waals surface area contributed by atoms with Gasteiger partial charge in [-0.25, -0.2) is 0 Å². The van der Waals surface area contributed by atoms with Crippen LogP contribution in [0.5, 0.6) is 0 Å². The summed E-state index contributed by atoms with van der Waals surface area (Å²) in [5, 5.41) is 5.70. The molecule has 2 fully saturated rings. The number of aliphatic imine (C=N–C) groups is 1. The first-order valence-electron chi connectivity index (χ1n) is 10.5. The number of likely N-dealkylation sites (tertiary alicyclic amines) is 2. The number of thiophene rings is 1. The molecule has 154 valence electrons. The fourth-order valence-electron chi connectivity index (χ4n) is 4.19. The first-order valence-corrected chi connectivity index (χ1v) is 11.4. The van der Waals surface area contributed by atoms with Crippen molar-refractivity contribution in [1.29, 1.82) is 0 Å². The number of halogens is 1. The van der Waals surface area contributed by atoms with Gasteiger partial charge in [0.2, 0.25) is 0 Å². The fourth-order valence-corrected chi connectivity index (χ4v) is 5.06. The molecule has 0 spiro atoms. The predicted molar refractivity (Wildman–Crippen MR) is 129 cm³/mol. The molecule has 1 N–H and O–H groups in total. The Morgan fingerprint density at radius 3 is 2.81 bits per heavy atom. The molecule has 27 heavy (non-hydrogen) atoms. The summed E-state index contributed by atoms with van der Waals surface area (Å²) in [7, 11) is 0. The van der Waals surface area contributed by atoms with Crippen LogP contribution in [0.25, 0.3) is 0 Å². The summed E-state index contributed by atoms with van der Waals surface area (Å²) < 4.78 is 0. The van der Waals surface area contributed by atoms with Crippen LogP contribution in [-0.2, 0) is 6.42 Å². The third kappa shape index (κ3) is 7.54. The van der Waals surface area contributed by atoms with Gasteiger partial charge in [-0.2, -0.15) is 0 Å². The second kappa shape index (κ2) is 12.3. The Labute approximate surface area is 186 Å². The number of piperidine rings is 1. The van der Waals surface area contributed by atoms with Crippen molar-refractivity contribution in [2.24, 2.45) is 16.8 Å². The van der Waals surface area contributed by atoms with E-state index < -0.39 is 0 Å². The minimum absolute atomic E-state index is 0. The van der Waals surface area contributed by atoms with Gasteiger partial charge in [0.1, 0.15) is 0 Å². The molecule has 0 amide bonds. The Morgan fingerprint density at radius 2 is 2.11 bits per heavy atom. The first-order chi connectivity index (χ1) is 12.7. The first kappa shape index (κ1) is 22.9. The zero-order chi connectivity index (χ0) is 18.2. The van der Waals surface area contributed by atoms with Gasteiger partial charge in [-0.1, -0.05) is 19.4 Å². The minimum Gasteiger partial charge on any atom is -0.357 e. The van der Waals surface area contributed by atoms with Crippen molar-refractivity contribution in [3.63, 3.8) is 0 Å². The van der Waals surface area contributed by atoms with E-state index in [9.17, 15) is 0 Å². The molecule has 2 unspecified atom stereocenters. The van der Waals surface area contributed by atoms with Crippen LogP contribution in [0.2, 0.25) is 0 Å². The highest BCUT2D eigenvalue weighted by Crippen LogP contribution is 2.20. The average molecular weight is 505 g/mol. The quantitative estimate of drug-likeness (QED) is 0.341. The van der Waals surface area contributed by atoms with Crippen LogP contribution < -0.4 is 5.32 Å². The minimum atomic E-state index is 0. The molecule has 2 saturated heterocycles. The molecule has 0 radical (unpaired) electrons. The molecule has 3 heterocycles. The van der Waals surface area contributed by atoms with Crippen molar-refractivity contribution in [2.45, 2.75) is 46.0 Å². The smallest absolute Gasteiger partial charge is 0.193 e.